The third kappa shape index (κ3) is 3.24. The van der Waals surface area contributed by atoms with Gasteiger partial charge in [-0.25, -0.2) is 0 Å². The SMILES string of the molecule is O=C(O)CC1CCCN1C(=O)C1CCCN1C(=O)c1cccs1. The number of hydrogen-bond donors (Lipinski definition) is 1. The highest BCUT2D eigenvalue weighted by molar-refractivity contribution is 7.12. The van der Waals surface area contributed by atoms with E-state index in [4.69, 9.17) is 5.11 Å². The predicted octanol–water partition coefficient (Wildman–Crippen LogP) is 1.82. The Kier molecular flexibility index (Phi) is 4.66. The molecule has 23 heavy (non-hydrogen) atoms. The predicted molar refractivity (Wildman–Crippen MR) is 85.4 cm³/mol. The zero-order valence-electron chi connectivity index (χ0n) is 12.8. The number of nitrogens with zero attached hydrogens (tertiary/aromatic N) is 2. The number of carboxylic acid groups (broad SMARTS) is 1. The van der Waals surface area contributed by atoms with Crippen molar-refractivity contribution in [3.05, 3.63) is 22.4 Å². The third-order valence-electron chi connectivity index (χ3n) is 4.60. The molecule has 2 aliphatic heterocycles. The number of hydrogen-bond acceptors (Lipinski definition) is 4. The molecular weight excluding hydrogens is 316 g/mol. The van der Waals surface area contributed by atoms with Gasteiger partial charge < -0.3 is 14.9 Å². The highest BCUT2D eigenvalue weighted by atomic mass is 32.1. The van der Waals surface area contributed by atoms with Crippen LogP contribution in [0.25, 0.3) is 0 Å². The number of thiophene rings is 1. The van der Waals surface area contributed by atoms with Gasteiger partial charge in [0.2, 0.25) is 5.91 Å². The summed E-state index contributed by atoms with van der Waals surface area (Å²) in [6.45, 7) is 1.18. The van der Waals surface area contributed by atoms with Gasteiger partial charge in [0.1, 0.15) is 6.04 Å². The number of rotatable bonds is 4. The van der Waals surface area contributed by atoms with Crippen LogP contribution in [0, 0.1) is 0 Å². The first-order valence-corrected chi connectivity index (χ1v) is 8.82. The molecule has 2 fully saturated rings. The fourth-order valence-corrected chi connectivity index (χ4v) is 4.22. The molecule has 2 unspecified atom stereocenters. The molecule has 0 bridgehead atoms. The molecule has 0 saturated carbocycles. The summed E-state index contributed by atoms with van der Waals surface area (Å²) in [5.74, 6) is -1.06. The van der Waals surface area contributed by atoms with Gasteiger partial charge in [0.05, 0.1) is 11.3 Å². The van der Waals surface area contributed by atoms with Crippen LogP contribution in [-0.2, 0) is 9.59 Å². The Hall–Kier alpha value is -1.89. The average molecular weight is 336 g/mol. The molecule has 0 aliphatic carbocycles. The summed E-state index contributed by atoms with van der Waals surface area (Å²) in [6, 6.07) is 2.92. The van der Waals surface area contributed by atoms with Gasteiger partial charge in [0.25, 0.3) is 5.91 Å². The standard InChI is InChI=1S/C16H20N2O4S/c19-14(20)10-11-4-1-7-17(11)15(21)12-5-2-8-18(12)16(22)13-6-3-9-23-13/h3,6,9,11-12H,1-2,4-5,7-8,10H2,(H,19,20). The quantitative estimate of drug-likeness (QED) is 0.910. The van der Waals surface area contributed by atoms with Gasteiger partial charge in [-0.2, -0.15) is 0 Å². The molecule has 124 valence electrons. The van der Waals surface area contributed by atoms with Gasteiger partial charge in [-0.05, 0) is 37.1 Å². The Balaban J connectivity index is 1.73. The number of aliphatic carboxylic acids is 1. The smallest absolute Gasteiger partial charge is 0.305 e. The van der Waals surface area contributed by atoms with Crippen molar-refractivity contribution in [2.24, 2.45) is 0 Å². The van der Waals surface area contributed by atoms with Crippen molar-refractivity contribution < 1.29 is 19.5 Å². The molecule has 3 rings (SSSR count). The van der Waals surface area contributed by atoms with Gasteiger partial charge in [0, 0.05) is 19.1 Å². The Bertz CT molecular complexity index is 601. The summed E-state index contributed by atoms with van der Waals surface area (Å²) in [4.78, 5) is 40.4. The Morgan fingerprint density at radius 1 is 1.17 bits per heavy atom. The summed E-state index contributed by atoms with van der Waals surface area (Å²) in [5.41, 5.74) is 0. The summed E-state index contributed by atoms with van der Waals surface area (Å²) < 4.78 is 0. The monoisotopic (exact) mass is 336 g/mol. The molecule has 2 atom stereocenters. The molecule has 0 radical (unpaired) electrons. The average Bonchev–Trinajstić information content (AvgIpc) is 3.26. The van der Waals surface area contributed by atoms with E-state index in [9.17, 15) is 14.4 Å². The number of likely N-dealkylation sites (tertiary alicyclic amines) is 2. The second kappa shape index (κ2) is 6.70. The van der Waals surface area contributed by atoms with Gasteiger partial charge >= 0.3 is 5.97 Å². The van der Waals surface area contributed by atoms with E-state index in [2.05, 4.69) is 0 Å². The second-order valence-corrected chi connectivity index (χ2v) is 7.01. The van der Waals surface area contributed by atoms with Gasteiger partial charge in [-0.1, -0.05) is 6.07 Å². The Morgan fingerprint density at radius 2 is 1.91 bits per heavy atom. The number of carboxylic acids is 1. The molecule has 2 aliphatic rings. The molecule has 1 aromatic heterocycles. The van der Waals surface area contributed by atoms with Crippen molar-refractivity contribution in [3.63, 3.8) is 0 Å². The van der Waals surface area contributed by atoms with E-state index in [1.54, 1.807) is 15.9 Å². The van der Waals surface area contributed by atoms with Crippen molar-refractivity contribution in [1.82, 2.24) is 9.80 Å². The van der Waals surface area contributed by atoms with Gasteiger partial charge in [-0.3, -0.25) is 14.4 Å². The largest absolute Gasteiger partial charge is 0.481 e. The maximum Gasteiger partial charge on any atom is 0.305 e. The molecule has 1 N–H and O–H groups in total. The molecule has 1 aromatic rings. The molecular formula is C16H20N2O4S. The topological polar surface area (TPSA) is 77.9 Å². The molecule has 2 amide bonds. The Labute approximate surface area is 138 Å². The van der Waals surface area contributed by atoms with Gasteiger partial charge in [0.15, 0.2) is 0 Å². The summed E-state index contributed by atoms with van der Waals surface area (Å²) >= 11 is 1.38. The van der Waals surface area contributed by atoms with Crippen molar-refractivity contribution >= 4 is 29.1 Å². The van der Waals surface area contributed by atoms with E-state index in [0.29, 0.717) is 24.4 Å². The number of amides is 2. The molecule has 7 heteroatoms. The first-order valence-electron chi connectivity index (χ1n) is 7.94. The third-order valence-corrected chi connectivity index (χ3v) is 5.46. The zero-order valence-corrected chi connectivity index (χ0v) is 13.6. The van der Waals surface area contributed by atoms with Crippen LogP contribution in [0.4, 0.5) is 0 Å². The zero-order chi connectivity index (χ0) is 16.4. The van der Waals surface area contributed by atoms with Crippen LogP contribution in [0.1, 0.15) is 41.8 Å². The lowest BCUT2D eigenvalue weighted by Gasteiger charge is -2.30. The van der Waals surface area contributed by atoms with Crippen LogP contribution in [-0.4, -0.2) is 57.9 Å². The van der Waals surface area contributed by atoms with Gasteiger partial charge in [-0.15, -0.1) is 11.3 Å². The normalized spacial score (nSPS) is 24.2. The molecule has 0 aromatic carbocycles. The van der Waals surface area contributed by atoms with E-state index in [1.165, 1.54) is 11.3 Å². The summed E-state index contributed by atoms with van der Waals surface area (Å²) in [6.07, 6.45) is 3.01. The fraction of sp³-hybridized carbons (Fsp3) is 0.562. The maximum atomic E-state index is 12.9. The first-order chi connectivity index (χ1) is 11.1. The molecule has 3 heterocycles. The van der Waals surface area contributed by atoms with Crippen molar-refractivity contribution in [2.45, 2.75) is 44.2 Å². The van der Waals surface area contributed by atoms with Crippen molar-refractivity contribution in [2.75, 3.05) is 13.1 Å². The lowest BCUT2D eigenvalue weighted by molar-refractivity contribution is -0.141. The van der Waals surface area contributed by atoms with Crippen LogP contribution in [0.2, 0.25) is 0 Å². The van der Waals surface area contributed by atoms with Crippen LogP contribution in [0.15, 0.2) is 17.5 Å². The van der Waals surface area contributed by atoms with E-state index in [-0.39, 0.29) is 24.3 Å². The summed E-state index contributed by atoms with van der Waals surface area (Å²) in [7, 11) is 0. The van der Waals surface area contributed by atoms with E-state index in [0.717, 1.165) is 19.3 Å². The van der Waals surface area contributed by atoms with Crippen LogP contribution < -0.4 is 0 Å². The summed E-state index contributed by atoms with van der Waals surface area (Å²) in [5, 5.41) is 10.9. The van der Waals surface area contributed by atoms with Crippen LogP contribution in [0.5, 0.6) is 0 Å². The maximum absolute atomic E-state index is 12.9. The van der Waals surface area contributed by atoms with E-state index >= 15 is 0 Å². The fourth-order valence-electron chi connectivity index (χ4n) is 3.54. The lowest BCUT2D eigenvalue weighted by atomic mass is 10.1. The molecule has 2 saturated heterocycles. The highest BCUT2D eigenvalue weighted by Crippen LogP contribution is 2.27. The minimum atomic E-state index is -0.882. The van der Waals surface area contributed by atoms with E-state index < -0.39 is 12.0 Å². The lowest BCUT2D eigenvalue weighted by Crippen LogP contribution is -2.49. The van der Waals surface area contributed by atoms with E-state index in [1.807, 2.05) is 11.4 Å². The number of carbonyl (C=O) groups is 3. The molecule has 6 nitrogen and oxygen atoms in total. The minimum absolute atomic E-state index is 0.0165. The second-order valence-electron chi connectivity index (χ2n) is 6.06. The minimum Gasteiger partial charge on any atom is -0.481 e. The highest BCUT2D eigenvalue weighted by Gasteiger charge is 2.40. The van der Waals surface area contributed by atoms with Crippen molar-refractivity contribution in [3.8, 4) is 0 Å². The van der Waals surface area contributed by atoms with Crippen molar-refractivity contribution in [1.29, 1.82) is 0 Å². The first kappa shape index (κ1) is 16.0. The Morgan fingerprint density at radius 3 is 2.61 bits per heavy atom. The van der Waals surface area contributed by atoms with Crippen LogP contribution >= 0.6 is 11.3 Å². The molecule has 0 spiro atoms. The number of carbonyl (C=O) groups excluding carboxylic acids is 2. The van der Waals surface area contributed by atoms with Crippen LogP contribution in [0.3, 0.4) is 0 Å².